The number of nitrogens with one attached hydrogen (secondary N) is 1. The number of aryl methyl sites for hydroxylation is 1. The summed E-state index contributed by atoms with van der Waals surface area (Å²) < 4.78 is 1.47. The van der Waals surface area contributed by atoms with E-state index in [1.54, 1.807) is 25.1 Å². The molecule has 3 rings (SSSR count). The van der Waals surface area contributed by atoms with E-state index in [4.69, 9.17) is 0 Å². The Morgan fingerprint density at radius 3 is 2.96 bits per heavy atom. The average Bonchev–Trinajstić information content (AvgIpc) is 2.99. The Hall–Kier alpha value is -3.62. The van der Waals surface area contributed by atoms with Gasteiger partial charge in [-0.25, -0.2) is 10.1 Å². The third-order valence-corrected chi connectivity index (χ3v) is 3.55. The Bertz CT molecular complexity index is 979. The number of carbonyl (C=O) groups is 1. The van der Waals surface area contributed by atoms with Crippen LogP contribution in [0, 0.1) is 17.0 Å². The van der Waals surface area contributed by atoms with Gasteiger partial charge in [0.25, 0.3) is 11.6 Å². The fraction of sp³-hybridized carbons (Fsp3) is 0.125. The largest absolute Gasteiger partial charge is 0.272 e. The SMILES string of the molecule is Cc1ccc(/C=N\NC(=O)Cn2nnc3ccccc32)cc1[N+](=O)[O-]. The molecule has 0 radical (unpaired) electrons. The van der Waals surface area contributed by atoms with Crippen molar-refractivity contribution in [1.82, 2.24) is 20.4 Å². The number of hydrazone groups is 1. The summed E-state index contributed by atoms with van der Waals surface area (Å²) in [5.74, 6) is -0.381. The van der Waals surface area contributed by atoms with Gasteiger partial charge < -0.3 is 0 Å². The van der Waals surface area contributed by atoms with E-state index in [1.807, 2.05) is 18.2 Å². The molecule has 0 unspecified atom stereocenters. The van der Waals surface area contributed by atoms with Crippen molar-refractivity contribution < 1.29 is 9.72 Å². The highest BCUT2D eigenvalue weighted by Crippen LogP contribution is 2.18. The highest BCUT2D eigenvalue weighted by Gasteiger charge is 2.10. The molecule has 0 atom stereocenters. The number of benzene rings is 2. The van der Waals surface area contributed by atoms with Crippen LogP contribution in [0.4, 0.5) is 5.69 Å². The van der Waals surface area contributed by atoms with Gasteiger partial charge in [0.1, 0.15) is 12.1 Å². The summed E-state index contributed by atoms with van der Waals surface area (Å²) in [5, 5.41) is 22.6. The molecule has 2 aromatic carbocycles. The molecule has 9 nitrogen and oxygen atoms in total. The maximum Gasteiger partial charge on any atom is 0.272 e. The minimum Gasteiger partial charge on any atom is -0.271 e. The number of nitrogens with zero attached hydrogens (tertiary/aromatic N) is 5. The zero-order valence-corrected chi connectivity index (χ0v) is 13.3. The van der Waals surface area contributed by atoms with E-state index < -0.39 is 4.92 Å². The fourth-order valence-corrected chi connectivity index (χ4v) is 2.29. The van der Waals surface area contributed by atoms with Gasteiger partial charge in [0, 0.05) is 17.2 Å². The van der Waals surface area contributed by atoms with Crippen LogP contribution in [0.25, 0.3) is 11.0 Å². The van der Waals surface area contributed by atoms with E-state index in [1.165, 1.54) is 17.0 Å². The predicted molar refractivity (Wildman–Crippen MR) is 91.1 cm³/mol. The zero-order chi connectivity index (χ0) is 17.8. The molecule has 0 aliphatic heterocycles. The van der Waals surface area contributed by atoms with Crippen LogP contribution in [0.5, 0.6) is 0 Å². The maximum atomic E-state index is 12.0. The van der Waals surface area contributed by atoms with Gasteiger partial charge in [-0.1, -0.05) is 29.5 Å². The highest BCUT2D eigenvalue weighted by atomic mass is 16.6. The summed E-state index contributed by atoms with van der Waals surface area (Å²) in [6.07, 6.45) is 1.35. The average molecular weight is 338 g/mol. The number of aromatic nitrogens is 3. The normalized spacial score (nSPS) is 11.1. The minimum atomic E-state index is -0.457. The lowest BCUT2D eigenvalue weighted by atomic mass is 10.1. The Morgan fingerprint density at radius 1 is 1.36 bits per heavy atom. The number of fused-ring (bicyclic) bond motifs is 1. The first kappa shape index (κ1) is 16.2. The molecule has 0 saturated carbocycles. The monoisotopic (exact) mass is 338 g/mol. The van der Waals surface area contributed by atoms with Crippen LogP contribution in [0.1, 0.15) is 11.1 Å². The molecule has 0 fully saturated rings. The highest BCUT2D eigenvalue weighted by molar-refractivity contribution is 5.84. The Morgan fingerprint density at radius 2 is 2.16 bits per heavy atom. The fourth-order valence-electron chi connectivity index (χ4n) is 2.29. The van der Waals surface area contributed by atoms with Crippen LogP contribution in [-0.2, 0) is 11.3 Å². The molecule has 0 aliphatic rings. The summed E-state index contributed by atoms with van der Waals surface area (Å²) >= 11 is 0. The lowest BCUT2D eigenvalue weighted by Gasteiger charge is -2.01. The van der Waals surface area contributed by atoms with Gasteiger partial charge in [-0.15, -0.1) is 5.10 Å². The van der Waals surface area contributed by atoms with Crippen LogP contribution in [-0.4, -0.2) is 32.0 Å². The molecule has 3 aromatic rings. The number of para-hydroxylation sites is 1. The molecule has 1 heterocycles. The van der Waals surface area contributed by atoms with Gasteiger partial charge in [0.2, 0.25) is 0 Å². The number of hydrogen-bond donors (Lipinski definition) is 1. The Balaban J connectivity index is 1.65. The second-order valence-electron chi connectivity index (χ2n) is 5.33. The van der Waals surface area contributed by atoms with Crippen molar-refractivity contribution in [2.45, 2.75) is 13.5 Å². The first-order chi connectivity index (χ1) is 12.0. The second kappa shape index (κ2) is 6.87. The number of nitro benzene ring substituents is 1. The first-order valence-corrected chi connectivity index (χ1v) is 7.40. The second-order valence-corrected chi connectivity index (χ2v) is 5.33. The van der Waals surface area contributed by atoms with Gasteiger partial charge in [0.15, 0.2) is 0 Å². The molecule has 1 N–H and O–H groups in total. The minimum absolute atomic E-state index is 0.00404. The molecule has 0 saturated heterocycles. The molecule has 0 bridgehead atoms. The van der Waals surface area contributed by atoms with Gasteiger partial charge >= 0.3 is 0 Å². The number of amides is 1. The Labute approximate surface area is 142 Å². The van der Waals surface area contributed by atoms with Crippen LogP contribution in [0.15, 0.2) is 47.6 Å². The molecule has 126 valence electrons. The van der Waals surface area contributed by atoms with Crippen molar-refractivity contribution in [3.63, 3.8) is 0 Å². The molecule has 1 amide bonds. The van der Waals surface area contributed by atoms with Crippen molar-refractivity contribution in [3.05, 3.63) is 63.7 Å². The molecular formula is C16H14N6O3. The topological polar surface area (TPSA) is 115 Å². The standard InChI is InChI=1S/C16H14N6O3/c1-11-6-7-12(8-15(11)22(24)25)9-17-19-16(23)10-21-14-5-3-2-4-13(14)18-20-21/h2-9H,10H2,1H3,(H,19,23)/b17-9-. The van der Waals surface area contributed by atoms with E-state index in [2.05, 4.69) is 20.8 Å². The van der Waals surface area contributed by atoms with Crippen LogP contribution < -0.4 is 5.43 Å². The van der Waals surface area contributed by atoms with E-state index >= 15 is 0 Å². The van der Waals surface area contributed by atoms with Gasteiger partial charge in [-0.05, 0) is 19.1 Å². The lowest BCUT2D eigenvalue weighted by molar-refractivity contribution is -0.385. The smallest absolute Gasteiger partial charge is 0.271 e. The molecule has 25 heavy (non-hydrogen) atoms. The van der Waals surface area contributed by atoms with Crippen molar-refractivity contribution in [2.75, 3.05) is 0 Å². The summed E-state index contributed by atoms with van der Waals surface area (Å²) in [6.45, 7) is 1.62. The summed E-state index contributed by atoms with van der Waals surface area (Å²) in [7, 11) is 0. The molecule has 1 aromatic heterocycles. The maximum absolute atomic E-state index is 12.0. The zero-order valence-electron chi connectivity index (χ0n) is 13.3. The number of carbonyl (C=O) groups excluding carboxylic acids is 1. The first-order valence-electron chi connectivity index (χ1n) is 7.40. The van der Waals surface area contributed by atoms with Crippen LogP contribution >= 0.6 is 0 Å². The molecular weight excluding hydrogens is 324 g/mol. The predicted octanol–water partition coefficient (Wildman–Crippen LogP) is 1.80. The lowest BCUT2D eigenvalue weighted by Crippen LogP contribution is -2.23. The van der Waals surface area contributed by atoms with Gasteiger partial charge in [-0.3, -0.25) is 14.9 Å². The molecule has 0 spiro atoms. The van der Waals surface area contributed by atoms with Crippen LogP contribution in [0.2, 0.25) is 0 Å². The summed E-state index contributed by atoms with van der Waals surface area (Å²) in [4.78, 5) is 22.4. The van der Waals surface area contributed by atoms with E-state index in [-0.39, 0.29) is 18.1 Å². The van der Waals surface area contributed by atoms with Gasteiger partial charge in [-0.2, -0.15) is 5.10 Å². The third kappa shape index (κ3) is 3.66. The van der Waals surface area contributed by atoms with E-state index in [9.17, 15) is 14.9 Å². The quantitative estimate of drug-likeness (QED) is 0.433. The number of rotatable bonds is 5. The van der Waals surface area contributed by atoms with Crippen molar-refractivity contribution in [3.8, 4) is 0 Å². The summed E-state index contributed by atoms with van der Waals surface area (Å²) in [6, 6.07) is 12.0. The van der Waals surface area contributed by atoms with Crippen molar-refractivity contribution in [1.29, 1.82) is 0 Å². The van der Waals surface area contributed by atoms with Gasteiger partial charge in [0.05, 0.1) is 16.7 Å². The summed E-state index contributed by atoms with van der Waals surface area (Å²) in [5.41, 5.74) is 4.90. The molecule has 0 aliphatic carbocycles. The van der Waals surface area contributed by atoms with E-state index in [0.29, 0.717) is 16.6 Å². The molecule has 9 heteroatoms. The van der Waals surface area contributed by atoms with Crippen molar-refractivity contribution in [2.24, 2.45) is 5.10 Å². The van der Waals surface area contributed by atoms with Crippen LogP contribution in [0.3, 0.4) is 0 Å². The van der Waals surface area contributed by atoms with E-state index in [0.717, 1.165) is 5.52 Å². The van der Waals surface area contributed by atoms with Crippen molar-refractivity contribution >= 4 is 28.8 Å². The Kier molecular flexibility index (Phi) is 4.46. The number of hydrogen-bond acceptors (Lipinski definition) is 6. The number of nitro groups is 1. The third-order valence-electron chi connectivity index (χ3n) is 3.55.